The van der Waals surface area contributed by atoms with Gasteiger partial charge in [0.25, 0.3) is 0 Å². The third-order valence-corrected chi connectivity index (χ3v) is 6.07. The predicted octanol–water partition coefficient (Wildman–Crippen LogP) is 4.31. The minimum Gasteiger partial charge on any atom is -0.480 e. The minimum absolute atomic E-state index is 0.0185. The number of carboxylic acid groups (broad SMARTS) is 1. The van der Waals surface area contributed by atoms with E-state index in [4.69, 9.17) is 4.74 Å². The highest BCUT2D eigenvalue weighted by Gasteiger charge is 2.30. The van der Waals surface area contributed by atoms with Crippen molar-refractivity contribution in [3.8, 4) is 11.1 Å². The van der Waals surface area contributed by atoms with E-state index in [9.17, 15) is 19.5 Å². The van der Waals surface area contributed by atoms with Gasteiger partial charge in [0.1, 0.15) is 12.6 Å². The first-order chi connectivity index (χ1) is 15.8. The van der Waals surface area contributed by atoms with Gasteiger partial charge in [0, 0.05) is 18.4 Å². The fourth-order valence-electron chi connectivity index (χ4n) is 4.24. The number of nitrogens with one attached hydrogen (secondary N) is 2. The van der Waals surface area contributed by atoms with Crippen molar-refractivity contribution in [1.82, 2.24) is 10.6 Å². The van der Waals surface area contributed by atoms with Crippen LogP contribution in [0.5, 0.6) is 0 Å². The average molecular weight is 453 g/mol. The number of ether oxygens (including phenoxy) is 1. The van der Waals surface area contributed by atoms with E-state index < -0.39 is 30.1 Å². The molecular weight excluding hydrogens is 420 g/mol. The molecule has 1 aliphatic carbocycles. The third-order valence-electron chi connectivity index (χ3n) is 6.07. The smallest absolute Gasteiger partial charge is 0.407 e. The van der Waals surface area contributed by atoms with Crippen LogP contribution >= 0.6 is 0 Å². The van der Waals surface area contributed by atoms with Crippen molar-refractivity contribution in [3.63, 3.8) is 0 Å². The molecule has 7 nitrogen and oxygen atoms in total. The summed E-state index contributed by atoms with van der Waals surface area (Å²) in [7, 11) is 0. The van der Waals surface area contributed by atoms with Crippen molar-refractivity contribution in [2.75, 3.05) is 6.61 Å². The number of amides is 2. The molecule has 1 aliphatic rings. The van der Waals surface area contributed by atoms with Gasteiger partial charge in [0.05, 0.1) is 0 Å². The van der Waals surface area contributed by atoms with Gasteiger partial charge in [-0.3, -0.25) is 4.79 Å². The van der Waals surface area contributed by atoms with E-state index in [1.54, 1.807) is 0 Å². The van der Waals surface area contributed by atoms with Crippen LogP contribution in [0.15, 0.2) is 48.5 Å². The second-order valence-electron chi connectivity index (χ2n) is 8.77. The molecule has 0 fully saturated rings. The number of benzene rings is 2. The van der Waals surface area contributed by atoms with E-state index in [1.165, 1.54) is 0 Å². The summed E-state index contributed by atoms with van der Waals surface area (Å²) in [5.74, 6) is -1.55. The van der Waals surface area contributed by atoms with Crippen LogP contribution in [0.4, 0.5) is 4.79 Å². The van der Waals surface area contributed by atoms with Crippen LogP contribution in [0.1, 0.15) is 57.1 Å². The standard InChI is InChI=1S/C26H32N2O5/c1-4-9-22(25(30)31)27-24(29)14-23(16(2)3)28-26(32)33-15-21-19-12-7-5-10-17(19)18-11-6-8-13-20(18)21/h5-8,10-13,16,21-23H,4,9,14-15H2,1-3H3,(H,27,29)(H,28,32)(H,30,31)/t22-,23+/m1/s1. The van der Waals surface area contributed by atoms with Crippen LogP contribution in [0, 0.1) is 5.92 Å². The SMILES string of the molecule is CCC[C@@H](NC(=O)C[C@H](NC(=O)OCC1c2ccccc2-c2ccccc21)C(C)C)C(=O)O. The summed E-state index contributed by atoms with van der Waals surface area (Å²) < 4.78 is 5.58. The Morgan fingerprint density at radius 1 is 0.970 bits per heavy atom. The maximum absolute atomic E-state index is 12.6. The highest BCUT2D eigenvalue weighted by molar-refractivity contribution is 5.84. The lowest BCUT2D eigenvalue weighted by Gasteiger charge is -2.23. The molecule has 3 N–H and O–H groups in total. The average Bonchev–Trinajstić information content (AvgIpc) is 3.10. The van der Waals surface area contributed by atoms with Crippen LogP contribution in [0.3, 0.4) is 0 Å². The monoisotopic (exact) mass is 452 g/mol. The Balaban J connectivity index is 1.60. The maximum Gasteiger partial charge on any atom is 0.407 e. The Kier molecular flexibility index (Phi) is 8.09. The molecule has 2 aromatic rings. The molecule has 0 bridgehead atoms. The molecule has 2 amide bonds. The molecule has 0 heterocycles. The van der Waals surface area contributed by atoms with Crippen molar-refractivity contribution >= 4 is 18.0 Å². The quantitative estimate of drug-likeness (QED) is 0.498. The molecule has 33 heavy (non-hydrogen) atoms. The lowest BCUT2D eigenvalue weighted by atomic mass is 9.98. The van der Waals surface area contributed by atoms with E-state index in [1.807, 2.05) is 45.0 Å². The third kappa shape index (κ3) is 5.92. The number of carboxylic acids is 1. The number of alkyl carbamates (subject to hydrolysis) is 1. The molecule has 0 spiro atoms. The summed E-state index contributed by atoms with van der Waals surface area (Å²) in [6.45, 7) is 5.83. The lowest BCUT2D eigenvalue weighted by molar-refractivity contribution is -0.142. The number of carbonyl (C=O) groups is 3. The van der Waals surface area contributed by atoms with Crippen molar-refractivity contribution in [3.05, 3.63) is 59.7 Å². The van der Waals surface area contributed by atoms with Crippen LogP contribution in [0.25, 0.3) is 11.1 Å². The van der Waals surface area contributed by atoms with Gasteiger partial charge < -0.3 is 20.5 Å². The fourth-order valence-corrected chi connectivity index (χ4v) is 4.24. The lowest BCUT2D eigenvalue weighted by Crippen LogP contribution is -2.46. The first kappa shape index (κ1) is 24.3. The first-order valence-corrected chi connectivity index (χ1v) is 11.5. The van der Waals surface area contributed by atoms with Gasteiger partial charge in [-0.2, -0.15) is 0 Å². The number of hydrogen-bond acceptors (Lipinski definition) is 4. The van der Waals surface area contributed by atoms with Gasteiger partial charge in [-0.05, 0) is 34.6 Å². The summed E-state index contributed by atoms with van der Waals surface area (Å²) in [5, 5.41) is 14.6. The fraction of sp³-hybridized carbons (Fsp3) is 0.423. The van der Waals surface area contributed by atoms with E-state index in [2.05, 4.69) is 34.9 Å². The molecule has 2 atom stereocenters. The van der Waals surface area contributed by atoms with Crippen molar-refractivity contribution in [2.24, 2.45) is 5.92 Å². The first-order valence-electron chi connectivity index (χ1n) is 11.5. The number of rotatable bonds is 10. The van der Waals surface area contributed by atoms with Crippen LogP contribution in [0.2, 0.25) is 0 Å². The van der Waals surface area contributed by atoms with Crippen molar-refractivity contribution in [1.29, 1.82) is 0 Å². The molecule has 0 aromatic heterocycles. The summed E-state index contributed by atoms with van der Waals surface area (Å²) in [4.78, 5) is 36.3. The van der Waals surface area contributed by atoms with Crippen molar-refractivity contribution in [2.45, 2.75) is 58.0 Å². The summed E-state index contributed by atoms with van der Waals surface area (Å²) >= 11 is 0. The summed E-state index contributed by atoms with van der Waals surface area (Å²) in [5.41, 5.74) is 4.56. The Morgan fingerprint density at radius 2 is 1.55 bits per heavy atom. The summed E-state index contributed by atoms with van der Waals surface area (Å²) in [6.07, 6.45) is 0.387. The predicted molar refractivity (Wildman–Crippen MR) is 126 cm³/mol. The number of aliphatic carboxylic acids is 1. The Labute approximate surface area is 194 Å². The normalized spacial score (nSPS) is 14.2. The summed E-state index contributed by atoms with van der Waals surface area (Å²) in [6, 6.07) is 14.8. The van der Waals surface area contributed by atoms with Crippen LogP contribution < -0.4 is 10.6 Å². The highest BCUT2D eigenvalue weighted by Crippen LogP contribution is 2.44. The second kappa shape index (κ2) is 11.0. The van der Waals surface area contributed by atoms with Crippen LogP contribution in [-0.2, 0) is 14.3 Å². The Hall–Kier alpha value is -3.35. The zero-order chi connectivity index (χ0) is 24.0. The van der Waals surface area contributed by atoms with Gasteiger partial charge in [-0.1, -0.05) is 75.7 Å². The molecule has 3 rings (SSSR count). The largest absolute Gasteiger partial charge is 0.480 e. The van der Waals surface area contributed by atoms with E-state index in [0.29, 0.717) is 12.8 Å². The van der Waals surface area contributed by atoms with E-state index in [0.717, 1.165) is 22.3 Å². The molecule has 0 unspecified atom stereocenters. The molecule has 0 saturated carbocycles. The number of fused-ring (bicyclic) bond motifs is 3. The molecule has 0 aliphatic heterocycles. The Morgan fingerprint density at radius 3 is 2.06 bits per heavy atom. The highest BCUT2D eigenvalue weighted by atomic mass is 16.5. The molecular formula is C26H32N2O5. The van der Waals surface area contributed by atoms with E-state index >= 15 is 0 Å². The second-order valence-corrected chi connectivity index (χ2v) is 8.77. The van der Waals surface area contributed by atoms with E-state index in [-0.39, 0.29) is 24.9 Å². The van der Waals surface area contributed by atoms with Gasteiger partial charge in [-0.15, -0.1) is 0 Å². The maximum atomic E-state index is 12.6. The van der Waals surface area contributed by atoms with Gasteiger partial charge in [0.15, 0.2) is 0 Å². The molecule has 0 saturated heterocycles. The van der Waals surface area contributed by atoms with Gasteiger partial charge in [-0.25, -0.2) is 9.59 Å². The zero-order valence-electron chi connectivity index (χ0n) is 19.3. The topological polar surface area (TPSA) is 105 Å². The molecule has 7 heteroatoms. The minimum atomic E-state index is -1.06. The van der Waals surface area contributed by atoms with Gasteiger partial charge in [0.2, 0.25) is 5.91 Å². The zero-order valence-corrected chi connectivity index (χ0v) is 19.3. The van der Waals surface area contributed by atoms with Gasteiger partial charge >= 0.3 is 12.1 Å². The number of carbonyl (C=O) groups excluding carboxylic acids is 2. The number of hydrogen-bond donors (Lipinski definition) is 3. The molecule has 0 radical (unpaired) electrons. The van der Waals surface area contributed by atoms with Crippen LogP contribution in [-0.4, -0.2) is 41.8 Å². The Bertz CT molecular complexity index is 958. The molecule has 2 aromatic carbocycles. The van der Waals surface area contributed by atoms with Crippen molar-refractivity contribution < 1.29 is 24.2 Å². The molecule has 176 valence electrons.